The van der Waals surface area contributed by atoms with Gasteiger partial charge >= 0.3 is 5.97 Å². The van der Waals surface area contributed by atoms with Gasteiger partial charge in [0.05, 0.1) is 5.56 Å². The highest BCUT2D eigenvalue weighted by Crippen LogP contribution is 2.30. The molecule has 38 heavy (non-hydrogen) atoms. The first-order chi connectivity index (χ1) is 18.5. The van der Waals surface area contributed by atoms with Gasteiger partial charge in [0.15, 0.2) is 0 Å². The molecule has 198 valence electrons. The van der Waals surface area contributed by atoms with Crippen molar-refractivity contribution in [1.82, 2.24) is 0 Å². The second-order valence-corrected chi connectivity index (χ2v) is 10.5. The molecule has 0 spiro atoms. The van der Waals surface area contributed by atoms with Crippen LogP contribution in [0.25, 0.3) is 12.2 Å². The summed E-state index contributed by atoms with van der Waals surface area (Å²) in [5.74, 6) is 0.299. The van der Waals surface area contributed by atoms with Crippen LogP contribution in [-0.4, -0.2) is 12.1 Å². The Balaban J connectivity index is 1.28. The van der Waals surface area contributed by atoms with Gasteiger partial charge in [0.1, 0.15) is 11.9 Å². The fourth-order valence-corrected chi connectivity index (χ4v) is 5.25. The molecule has 3 aromatic rings. The van der Waals surface area contributed by atoms with E-state index in [0.717, 1.165) is 44.1 Å². The summed E-state index contributed by atoms with van der Waals surface area (Å²) in [4.78, 5) is 12.6. The first kappa shape index (κ1) is 27.6. The minimum Gasteiger partial charge on any atom is -0.459 e. The maximum Gasteiger partial charge on any atom is 0.338 e. The second-order valence-electron chi connectivity index (χ2n) is 10.5. The summed E-state index contributed by atoms with van der Waals surface area (Å²) < 4.78 is 20.5. The number of esters is 1. The summed E-state index contributed by atoms with van der Waals surface area (Å²) >= 11 is 0. The van der Waals surface area contributed by atoms with Gasteiger partial charge in [-0.05, 0) is 92.5 Å². The van der Waals surface area contributed by atoms with Crippen molar-refractivity contribution in [3.05, 3.63) is 119 Å². The van der Waals surface area contributed by atoms with Gasteiger partial charge in [0.2, 0.25) is 0 Å². The van der Waals surface area contributed by atoms with E-state index in [4.69, 9.17) is 4.74 Å². The Morgan fingerprint density at radius 2 is 1.71 bits per heavy atom. The van der Waals surface area contributed by atoms with E-state index < -0.39 is 11.8 Å². The van der Waals surface area contributed by atoms with Crippen LogP contribution in [0.4, 0.5) is 4.39 Å². The summed E-state index contributed by atoms with van der Waals surface area (Å²) in [6, 6.07) is 23.5. The molecule has 3 heteroatoms. The van der Waals surface area contributed by atoms with Crippen LogP contribution in [0.1, 0.15) is 90.9 Å². The Morgan fingerprint density at radius 3 is 2.39 bits per heavy atom. The van der Waals surface area contributed by atoms with Crippen molar-refractivity contribution in [2.24, 2.45) is 5.92 Å². The average molecular weight is 511 g/mol. The molecular formula is C35H39FO2. The van der Waals surface area contributed by atoms with Crippen LogP contribution < -0.4 is 0 Å². The lowest BCUT2D eigenvalue weighted by molar-refractivity contribution is 0.0162. The van der Waals surface area contributed by atoms with Crippen LogP contribution in [0.2, 0.25) is 0 Å². The molecule has 1 saturated carbocycles. The molecule has 1 aliphatic carbocycles. The lowest BCUT2D eigenvalue weighted by Crippen LogP contribution is -2.24. The molecule has 1 atom stereocenters. The molecule has 2 nitrogen and oxygen atoms in total. The molecule has 0 aromatic heterocycles. The van der Waals surface area contributed by atoms with E-state index in [1.54, 1.807) is 18.2 Å². The predicted molar refractivity (Wildman–Crippen MR) is 156 cm³/mol. The average Bonchev–Trinajstić information content (AvgIpc) is 2.94. The van der Waals surface area contributed by atoms with Crippen LogP contribution in [0.5, 0.6) is 0 Å². The van der Waals surface area contributed by atoms with Gasteiger partial charge in [-0.3, -0.25) is 0 Å². The monoisotopic (exact) mass is 510 g/mol. The number of benzene rings is 3. The van der Waals surface area contributed by atoms with E-state index in [0.29, 0.717) is 17.4 Å². The maximum atomic E-state index is 14.8. The third kappa shape index (κ3) is 8.02. The number of allylic oxidation sites excluding steroid dienone is 2. The fourth-order valence-electron chi connectivity index (χ4n) is 5.25. The highest BCUT2D eigenvalue weighted by Gasteiger charge is 2.24. The molecule has 0 bridgehead atoms. The van der Waals surface area contributed by atoms with Crippen LogP contribution in [0.15, 0.2) is 84.9 Å². The number of ether oxygens (including phenoxy) is 1. The van der Waals surface area contributed by atoms with Gasteiger partial charge in [-0.1, -0.05) is 91.9 Å². The van der Waals surface area contributed by atoms with Gasteiger partial charge in [-0.25, -0.2) is 9.18 Å². The highest BCUT2D eigenvalue weighted by molar-refractivity contribution is 5.90. The molecular weight excluding hydrogens is 471 g/mol. The topological polar surface area (TPSA) is 26.3 Å². The van der Waals surface area contributed by atoms with Crippen molar-refractivity contribution in [2.75, 3.05) is 0 Å². The zero-order valence-corrected chi connectivity index (χ0v) is 22.6. The molecule has 0 unspecified atom stereocenters. The molecule has 0 radical (unpaired) electrons. The van der Waals surface area contributed by atoms with E-state index in [1.807, 2.05) is 12.1 Å². The Kier molecular flexibility index (Phi) is 10.1. The second kappa shape index (κ2) is 13.9. The molecule has 3 aromatic carbocycles. The maximum absolute atomic E-state index is 14.8. The lowest BCUT2D eigenvalue weighted by Gasteiger charge is -2.28. The van der Waals surface area contributed by atoms with Crippen molar-refractivity contribution in [3.63, 3.8) is 0 Å². The lowest BCUT2D eigenvalue weighted by atomic mass is 9.84. The third-order valence-electron chi connectivity index (χ3n) is 7.63. The molecule has 0 saturated heterocycles. The Labute approximate surface area is 227 Å². The van der Waals surface area contributed by atoms with Gasteiger partial charge in [0.25, 0.3) is 0 Å². The summed E-state index contributed by atoms with van der Waals surface area (Å²) in [7, 11) is 0. The standard InChI is InChI=1S/C35H39FO2/c1-3-4-6-9-27-17-22-33(23-18-27)38-35(37)32-21-20-31(34(36)25-32)19-16-28-12-14-29(15-13-28)24-26(2)30-10-7-5-8-11-30/h3-5,7-8,10-16,19-21,25-27,33H,6,9,17-18,22-24H2,1-2H3/b4-3+,19-16?/t26-,27?,33?/m1/s1. The Morgan fingerprint density at radius 1 is 0.974 bits per heavy atom. The SMILES string of the molecule is C/C=C/CCC1CCC(OC(=O)c2ccc(C=Cc3ccc(C[C@@H](C)c4ccccc4)cc3)c(F)c2)CC1. The minimum atomic E-state index is -0.433. The van der Waals surface area contributed by atoms with Gasteiger partial charge in [-0.15, -0.1) is 0 Å². The molecule has 0 aliphatic heterocycles. The van der Waals surface area contributed by atoms with E-state index in [9.17, 15) is 9.18 Å². The number of carbonyl (C=O) groups is 1. The van der Waals surface area contributed by atoms with Crippen molar-refractivity contribution < 1.29 is 13.9 Å². The highest BCUT2D eigenvalue weighted by atomic mass is 19.1. The Bertz CT molecular complexity index is 1220. The van der Waals surface area contributed by atoms with Crippen molar-refractivity contribution in [2.45, 2.75) is 70.8 Å². The minimum absolute atomic E-state index is 0.0678. The van der Waals surface area contributed by atoms with Gasteiger partial charge in [0, 0.05) is 5.56 Å². The first-order valence-electron chi connectivity index (χ1n) is 14.0. The summed E-state index contributed by atoms with van der Waals surface area (Å²) in [6.07, 6.45) is 15.1. The Hall–Kier alpha value is -3.46. The van der Waals surface area contributed by atoms with Crippen molar-refractivity contribution >= 4 is 18.1 Å². The molecule has 4 rings (SSSR count). The number of rotatable bonds is 10. The van der Waals surface area contributed by atoms with Crippen LogP contribution in [0.3, 0.4) is 0 Å². The zero-order chi connectivity index (χ0) is 26.7. The number of halogens is 1. The summed E-state index contributed by atoms with van der Waals surface area (Å²) in [5.41, 5.74) is 4.33. The van der Waals surface area contributed by atoms with Crippen LogP contribution >= 0.6 is 0 Å². The van der Waals surface area contributed by atoms with Crippen LogP contribution in [-0.2, 0) is 11.2 Å². The summed E-state index contributed by atoms with van der Waals surface area (Å²) in [5, 5.41) is 0. The molecule has 0 amide bonds. The third-order valence-corrected chi connectivity index (χ3v) is 7.63. The van der Waals surface area contributed by atoms with E-state index >= 15 is 0 Å². The number of hydrogen-bond acceptors (Lipinski definition) is 2. The zero-order valence-electron chi connectivity index (χ0n) is 22.6. The molecule has 1 aliphatic rings. The van der Waals surface area contributed by atoms with E-state index in [1.165, 1.54) is 23.6 Å². The van der Waals surface area contributed by atoms with Gasteiger partial charge < -0.3 is 4.74 Å². The molecule has 0 heterocycles. The van der Waals surface area contributed by atoms with Crippen molar-refractivity contribution in [3.8, 4) is 0 Å². The van der Waals surface area contributed by atoms with E-state index in [-0.39, 0.29) is 11.7 Å². The largest absolute Gasteiger partial charge is 0.459 e. The normalized spacial score (nSPS) is 18.6. The number of hydrogen-bond donors (Lipinski definition) is 0. The van der Waals surface area contributed by atoms with Crippen molar-refractivity contribution in [1.29, 1.82) is 0 Å². The summed E-state index contributed by atoms with van der Waals surface area (Å²) in [6.45, 7) is 4.29. The van der Waals surface area contributed by atoms with E-state index in [2.05, 4.69) is 74.5 Å². The first-order valence-corrected chi connectivity index (χ1v) is 14.0. The smallest absolute Gasteiger partial charge is 0.338 e. The molecule has 1 fully saturated rings. The van der Waals surface area contributed by atoms with Crippen LogP contribution in [0, 0.1) is 11.7 Å². The predicted octanol–water partition coefficient (Wildman–Crippen LogP) is 9.41. The fraction of sp³-hybridized carbons (Fsp3) is 0.343. The van der Waals surface area contributed by atoms with Gasteiger partial charge in [-0.2, -0.15) is 0 Å². The quantitative estimate of drug-likeness (QED) is 0.154. The molecule has 0 N–H and O–H groups in total. The number of carbonyl (C=O) groups excluding carboxylic acids is 1.